The quantitative estimate of drug-likeness (QED) is 0.331. The smallest absolute Gasteiger partial charge is 0.118 e. The van der Waals surface area contributed by atoms with Crippen LogP contribution in [-0.2, 0) is 0 Å². The Morgan fingerprint density at radius 2 is 1.19 bits per heavy atom. The minimum atomic E-state index is 0.865. The Bertz CT molecular complexity index is 1010. The topological polar surface area (TPSA) is 9.23 Å². The van der Waals surface area contributed by atoms with Crippen LogP contribution in [0.4, 0.5) is 0 Å². The van der Waals surface area contributed by atoms with E-state index < -0.39 is 0 Å². The minimum absolute atomic E-state index is 0.865. The zero-order chi connectivity index (χ0) is 17.9. The second kappa shape index (κ2) is 7.48. The molecule has 0 amide bonds. The van der Waals surface area contributed by atoms with Gasteiger partial charge in [-0.15, -0.1) is 11.3 Å². The number of halogens is 1. The zero-order valence-corrected chi connectivity index (χ0v) is 16.7. The first-order valence-electron chi connectivity index (χ1n) is 8.35. The van der Waals surface area contributed by atoms with Crippen LogP contribution in [0.5, 0.6) is 5.75 Å². The van der Waals surface area contributed by atoms with Gasteiger partial charge < -0.3 is 4.74 Å². The van der Waals surface area contributed by atoms with E-state index in [9.17, 15) is 0 Å². The molecule has 0 fully saturated rings. The highest BCUT2D eigenvalue weighted by atomic mass is 79.9. The molecule has 0 atom stereocenters. The molecule has 4 aromatic rings. The molecule has 0 unspecified atom stereocenters. The highest BCUT2D eigenvalue weighted by Gasteiger charge is 2.20. The molecular weight excluding hydrogens is 404 g/mol. The Balaban J connectivity index is 1.94. The van der Waals surface area contributed by atoms with Crippen molar-refractivity contribution >= 4 is 27.3 Å². The van der Waals surface area contributed by atoms with Gasteiger partial charge in [-0.1, -0.05) is 72.8 Å². The van der Waals surface area contributed by atoms with Crippen LogP contribution in [0.3, 0.4) is 0 Å². The van der Waals surface area contributed by atoms with Gasteiger partial charge in [0.2, 0.25) is 0 Å². The summed E-state index contributed by atoms with van der Waals surface area (Å²) in [4.78, 5) is 2.51. The molecule has 0 aliphatic rings. The van der Waals surface area contributed by atoms with Crippen molar-refractivity contribution in [1.29, 1.82) is 0 Å². The molecule has 3 aromatic carbocycles. The van der Waals surface area contributed by atoms with Gasteiger partial charge in [0.05, 0.1) is 7.11 Å². The third kappa shape index (κ3) is 3.20. The standard InChI is InChI=1S/C23H17BrOS/c1-25-19-14-12-16(13-15-19)20-21(24)23(18-10-6-3-7-11-18)26-22(20)17-8-4-2-5-9-17/h2-15H,1H3. The predicted octanol–water partition coefficient (Wildman–Crippen LogP) is 7.52. The highest BCUT2D eigenvalue weighted by molar-refractivity contribution is 9.10. The fraction of sp³-hybridized carbons (Fsp3) is 0.0435. The van der Waals surface area contributed by atoms with Crippen molar-refractivity contribution in [2.75, 3.05) is 7.11 Å². The van der Waals surface area contributed by atoms with E-state index in [1.165, 1.54) is 32.0 Å². The molecule has 0 aliphatic carbocycles. The fourth-order valence-electron chi connectivity index (χ4n) is 2.99. The van der Waals surface area contributed by atoms with Gasteiger partial charge in [0, 0.05) is 19.8 Å². The van der Waals surface area contributed by atoms with Crippen molar-refractivity contribution in [2.24, 2.45) is 0 Å². The molecule has 0 bridgehead atoms. The van der Waals surface area contributed by atoms with Crippen molar-refractivity contribution < 1.29 is 4.74 Å². The lowest BCUT2D eigenvalue weighted by atomic mass is 10.0. The van der Waals surface area contributed by atoms with Gasteiger partial charge in [0.1, 0.15) is 5.75 Å². The maximum absolute atomic E-state index is 5.32. The second-order valence-corrected chi connectivity index (χ2v) is 7.72. The number of benzene rings is 3. The molecule has 1 aromatic heterocycles. The van der Waals surface area contributed by atoms with Gasteiger partial charge in [0.15, 0.2) is 0 Å². The first-order chi connectivity index (χ1) is 12.8. The van der Waals surface area contributed by atoms with Crippen LogP contribution in [0, 0.1) is 0 Å². The summed E-state index contributed by atoms with van der Waals surface area (Å²) < 4.78 is 6.45. The van der Waals surface area contributed by atoms with Gasteiger partial charge in [-0.2, -0.15) is 0 Å². The zero-order valence-electron chi connectivity index (χ0n) is 14.3. The number of hydrogen-bond acceptors (Lipinski definition) is 2. The molecule has 4 rings (SSSR count). The number of thiophene rings is 1. The van der Waals surface area contributed by atoms with Crippen molar-refractivity contribution in [3.8, 4) is 37.8 Å². The summed E-state index contributed by atoms with van der Waals surface area (Å²) in [5.74, 6) is 0.865. The average Bonchev–Trinajstić information content (AvgIpc) is 3.06. The van der Waals surface area contributed by atoms with E-state index in [1.807, 2.05) is 29.5 Å². The van der Waals surface area contributed by atoms with Gasteiger partial charge >= 0.3 is 0 Å². The summed E-state index contributed by atoms with van der Waals surface area (Å²) >= 11 is 5.71. The molecule has 0 spiro atoms. The molecule has 0 saturated carbocycles. The monoisotopic (exact) mass is 420 g/mol. The van der Waals surface area contributed by atoms with E-state index in [0.717, 1.165) is 10.2 Å². The van der Waals surface area contributed by atoms with Crippen molar-refractivity contribution in [1.82, 2.24) is 0 Å². The van der Waals surface area contributed by atoms with Crippen LogP contribution in [0.2, 0.25) is 0 Å². The molecule has 0 saturated heterocycles. The number of rotatable bonds is 4. The lowest BCUT2D eigenvalue weighted by Crippen LogP contribution is -1.84. The normalized spacial score (nSPS) is 10.7. The molecule has 1 nitrogen and oxygen atoms in total. The summed E-state index contributed by atoms with van der Waals surface area (Å²) in [6.07, 6.45) is 0. The SMILES string of the molecule is COc1ccc(-c2c(-c3ccccc3)sc(-c3ccccc3)c2Br)cc1. The highest BCUT2D eigenvalue weighted by Crippen LogP contribution is 2.50. The summed E-state index contributed by atoms with van der Waals surface area (Å²) in [6, 6.07) is 29.3. The lowest BCUT2D eigenvalue weighted by Gasteiger charge is -2.07. The van der Waals surface area contributed by atoms with Crippen LogP contribution in [0.15, 0.2) is 89.4 Å². The predicted molar refractivity (Wildman–Crippen MR) is 115 cm³/mol. The van der Waals surface area contributed by atoms with E-state index in [0.29, 0.717) is 0 Å². The average molecular weight is 421 g/mol. The Morgan fingerprint density at radius 3 is 1.73 bits per heavy atom. The number of hydrogen-bond donors (Lipinski definition) is 0. The first-order valence-corrected chi connectivity index (χ1v) is 9.96. The summed E-state index contributed by atoms with van der Waals surface area (Å²) in [5, 5.41) is 0. The van der Waals surface area contributed by atoms with Crippen LogP contribution in [0.25, 0.3) is 32.0 Å². The molecule has 128 valence electrons. The van der Waals surface area contributed by atoms with Gasteiger partial charge in [-0.3, -0.25) is 0 Å². The van der Waals surface area contributed by atoms with E-state index in [1.54, 1.807) is 7.11 Å². The maximum Gasteiger partial charge on any atom is 0.118 e. The Hall–Kier alpha value is -2.36. The Kier molecular flexibility index (Phi) is 4.91. The van der Waals surface area contributed by atoms with Crippen molar-refractivity contribution in [2.45, 2.75) is 0 Å². The van der Waals surface area contributed by atoms with Crippen molar-refractivity contribution in [3.05, 3.63) is 89.4 Å². The third-order valence-corrected chi connectivity index (χ3v) is 6.64. The van der Waals surface area contributed by atoms with E-state index in [2.05, 4.69) is 82.7 Å². The van der Waals surface area contributed by atoms with Crippen LogP contribution < -0.4 is 4.74 Å². The molecule has 0 radical (unpaired) electrons. The largest absolute Gasteiger partial charge is 0.497 e. The summed E-state index contributed by atoms with van der Waals surface area (Å²) in [7, 11) is 1.69. The maximum atomic E-state index is 5.32. The molecule has 0 aliphatic heterocycles. The first kappa shape index (κ1) is 17.1. The minimum Gasteiger partial charge on any atom is -0.497 e. The van der Waals surface area contributed by atoms with Gasteiger partial charge in [-0.25, -0.2) is 0 Å². The third-order valence-electron chi connectivity index (χ3n) is 4.30. The summed E-state index contributed by atoms with van der Waals surface area (Å²) in [5.41, 5.74) is 4.85. The number of ether oxygens (including phenoxy) is 1. The Labute approximate surface area is 166 Å². The molecule has 1 heterocycles. The van der Waals surface area contributed by atoms with Crippen LogP contribution in [0.1, 0.15) is 0 Å². The molecule has 3 heteroatoms. The van der Waals surface area contributed by atoms with Crippen LogP contribution in [-0.4, -0.2) is 7.11 Å². The van der Waals surface area contributed by atoms with Crippen LogP contribution >= 0.6 is 27.3 Å². The van der Waals surface area contributed by atoms with Crippen molar-refractivity contribution in [3.63, 3.8) is 0 Å². The van der Waals surface area contributed by atoms with E-state index in [4.69, 9.17) is 4.74 Å². The Morgan fingerprint density at radius 1 is 0.654 bits per heavy atom. The fourth-order valence-corrected chi connectivity index (χ4v) is 5.25. The van der Waals surface area contributed by atoms with E-state index in [-0.39, 0.29) is 0 Å². The number of methoxy groups -OCH3 is 1. The van der Waals surface area contributed by atoms with Gasteiger partial charge in [0.25, 0.3) is 0 Å². The molecule has 26 heavy (non-hydrogen) atoms. The molecule has 0 N–H and O–H groups in total. The lowest BCUT2D eigenvalue weighted by molar-refractivity contribution is 0.415. The second-order valence-electron chi connectivity index (χ2n) is 5.91. The summed E-state index contributed by atoms with van der Waals surface area (Å²) in [6.45, 7) is 0. The van der Waals surface area contributed by atoms with Gasteiger partial charge in [-0.05, 0) is 44.8 Å². The van der Waals surface area contributed by atoms with E-state index >= 15 is 0 Å². The molecular formula is C23H17BrOS.